The lowest BCUT2D eigenvalue weighted by molar-refractivity contribution is 0.0551. The van der Waals surface area contributed by atoms with Gasteiger partial charge >= 0.3 is 12.2 Å². The van der Waals surface area contributed by atoms with Crippen molar-refractivity contribution in [1.82, 2.24) is 15.5 Å². The van der Waals surface area contributed by atoms with Gasteiger partial charge in [0.2, 0.25) is 26.0 Å². The molecule has 2 aliphatic rings. The van der Waals surface area contributed by atoms with Gasteiger partial charge in [-0.25, -0.2) is 36.7 Å². The van der Waals surface area contributed by atoms with E-state index in [1.165, 1.54) is 4.90 Å². The van der Waals surface area contributed by atoms with Gasteiger partial charge in [-0.3, -0.25) is 5.32 Å². The Balaban J connectivity index is 0.00000102. The van der Waals surface area contributed by atoms with Gasteiger partial charge in [-0.1, -0.05) is 0 Å². The molecule has 0 aromatic rings. The lowest BCUT2D eigenvalue weighted by Crippen LogP contribution is -2.62. The number of hydrogen-bond donors (Lipinski definition) is 4. The molecule has 0 atom stereocenters. The first-order valence-electron chi connectivity index (χ1n) is 9.98. The van der Waals surface area contributed by atoms with Gasteiger partial charge in [-0.2, -0.15) is 0 Å². The summed E-state index contributed by atoms with van der Waals surface area (Å²) in [5.74, 6) is -0.150. The molecule has 34 heavy (non-hydrogen) atoms. The van der Waals surface area contributed by atoms with E-state index in [0.717, 1.165) is 0 Å². The molecule has 0 saturated carbocycles. The molecule has 14 nitrogen and oxygen atoms in total. The second-order valence-electron chi connectivity index (χ2n) is 9.53. The van der Waals surface area contributed by atoms with E-state index in [9.17, 15) is 26.4 Å². The van der Waals surface area contributed by atoms with E-state index in [2.05, 4.69) is 15.6 Å². The van der Waals surface area contributed by atoms with Crippen LogP contribution in [0.25, 0.3) is 0 Å². The van der Waals surface area contributed by atoms with Crippen molar-refractivity contribution in [2.75, 3.05) is 26.2 Å². The first-order chi connectivity index (χ1) is 14.7. The van der Waals surface area contributed by atoms with Crippen LogP contribution in [0, 0.1) is 0 Å². The van der Waals surface area contributed by atoms with Gasteiger partial charge in [0, 0.05) is 26.2 Å². The summed E-state index contributed by atoms with van der Waals surface area (Å²) in [7, 11) is -6.93. The molecule has 2 rings (SSSR count). The summed E-state index contributed by atoms with van der Waals surface area (Å²) >= 11 is 0. The third kappa shape index (κ3) is 12.1. The molecule has 0 radical (unpaired) electrons. The van der Waals surface area contributed by atoms with Gasteiger partial charge in [0.1, 0.15) is 16.5 Å². The fourth-order valence-electron chi connectivity index (χ4n) is 2.26. The smallest absolute Gasteiger partial charge is 0.437 e. The summed E-state index contributed by atoms with van der Waals surface area (Å²) in [5, 5.41) is 13.9. The predicted molar refractivity (Wildman–Crippen MR) is 129 cm³/mol. The standard InChI is InChI=1S/C14H26N4O6S.C3H8N2O2S.ClH/c1-13(2,3)23-11(19)16-10(17-12(20)24-14(4,5)6)18-7-9(8-18)25(15,21)22;4-8(6,7)3-1-5-2-3;/h9H,7-8H2,1-6H3,(H2,15,21,22)(H,16,17,19,20);3,5H,1-2H2,(H2,4,6,7);1H. The number of likely N-dealkylation sites (tertiary alicyclic amines) is 1. The number of primary sulfonamides is 2. The van der Waals surface area contributed by atoms with E-state index in [1.807, 2.05) is 0 Å². The van der Waals surface area contributed by atoms with Crippen LogP contribution in [0.2, 0.25) is 0 Å². The first kappa shape index (κ1) is 32.3. The number of halogens is 1. The highest BCUT2D eigenvalue weighted by Crippen LogP contribution is 2.16. The summed E-state index contributed by atoms with van der Waals surface area (Å²) in [6.45, 7) is 11.1. The van der Waals surface area contributed by atoms with Crippen LogP contribution in [0.5, 0.6) is 0 Å². The third-order valence-corrected chi connectivity index (χ3v) is 6.51. The van der Waals surface area contributed by atoms with Crippen LogP contribution in [-0.2, 0) is 29.5 Å². The Kier molecular flexibility index (Phi) is 11.2. The van der Waals surface area contributed by atoms with Crippen LogP contribution >= 0.6 is 12.4 Å². The van der Waals surface area contributed by atoms with Gasteiger partial charge in [-0.05, 0) is 41.5 Å². The van der Waals surface area contributed by atoms with Crippen molar-refractivity contribution in [1.29, 1.82) is 0 Å². The highest BCUT2D eigenvalue weighted by atomic mass is 35.5. The van der Waals surface area contributed by atoms with Crippen LogP contribution in [0.4, 0.5) is 9.59 Å². The van der Waals surface area contributed by atoms with Crippen molar-refractivity contribution in [2.24, 2.45) is 15.3 Å². The molecule has 6 N–H and O–H groups in total. The predicted octanol–water partition coefficient (Wildman–Crippen LogP) is -0.557. The molecule has 2 saturated heterocycles. The number of nitrogens with two attached hydrogens (primary N) is 2. The molecule has 0 spiro atoms. The normalized spacial score (nSPS) is 17.8. The Labute approximate surface area is 206 Å². The number of amides is 2. The number of sulfonamides is 2. The van der Waals surface area contributed by atoms with Gasteiger partial charge < -0.3 is 19.7 Å². The van der Waals surface area contributed by atoms with E-state index >= 15 is 0 Å². The fraction of sp³-hybridized carbons (Fsp3) is 0.824. The number of rotatable bonds is 2. The van der Waals surface area contributed by atoms with E-state index in [4.69, 9.17) is 19.8 Å². The third-order valence-electron chi connectivity index (χ3n) is 4.02. The number of ether oxygens (including phenoxy) is 2. The van der Waals surface area contributed by atoms with Crippen LogP contribution in [-0.4, -0.2) is 87.8 Å². The number of hydrogen-bond acceptors (Lipinski definition) is 9. The monoisotopic (exact) mass is 550 g/mol. The van der Waals surface area contributed by atoms with Crippen molar-refractivity contribution in [3.05, 3.63) is 0 Å². The molecule has 2 aliphatic heterocycles. The molecule has 0 aromatic carbocycles. The van der Waals surface area contributed by atoms with Crippen LogP contribution in [0.1, 0.15) is 41.5 Å². The van der Waals surface area contributed by atoms with Crippen LogP contribution in [0.15, 0.2) is 4.99 Å². The average molecular weight is 551 g/mol. The quantitative estimate of drug-likeness (QED) is 0.254. The molecule has 17 heteroatoms. The Hall–Kier alpha value is -1.72. The molecule has 2 heterocycles. The average Bonchev–Trinajstić information content (AvgIpc) is 2.35. The lowest BCUT2D eigenvalue weighted by Gasteiger charge is -2.39. The van der Waals surface area contributed by atoms with Crippen LogP contribution < -0.4 is 20.9 Å². The molecular formula is C17H35ClN6O8S2. The minimum atomic E-state index is -3.70. The zero-order valence-corrected chi connectivity index (χ0v) is 22.5. The number of alkyl carbamates (subject to hydrolysis) is 1. The Morgan fingerprint density at radius 2 is 1.35 bits per heavy atom. The van der Waals surface area contributed by atoms with Crippen molar-refractivity contribution in [3.63, 3.8) is 0 Å². The SMILES string of the molecule is CC(C)(C)OC(=O)N=C(NC(=O)OC(C)(C)C)N1CC(S(N)(=O)=O)C1.Cl.NS(=O)(=O)C1CNC1. The number of carbonyl (C=O) groups excluding carboxylic acids is 2. The lowest BCUT2D eigenvalue weighted by atomic mass is 10.2. The number of nitrogens with zero attached hydrogens (tertiary/aromatic N) is 2. The highest BCUT2D eigenvalue weighted by molar-refractivity contribution is 7.90. The molecule has 2 fully saturated rings. The van der Waals surface area contributed by atoms with E-state index in [1.54, 1.807) is 41.5 Å². The van der Waals surface area contributed by atoms with E-state index in [-0.39, 0.29) is 36.7 Å². The largest absolute Gasteiger partial charge is 0.444 e. The van der Waals surface area contributed by atoms with Crippen molar-refractivity contribution < 1.29 is 35.9 Å². The molecule has 200 valence electrons. The van der Waals surface area contributed by atoms with E-state index in [0.29, 0.717) is 13.1 Å². The van der Waals surface area contributed by atoms with Gasteiger partial charge in [0.25, 0.3) is 0 Å². The maximum absolute atomic E-state index is 11.9. The topological polar surface area (TPSA) is 213 Å². The maximum Gasteiger partial charge on any atom is 0.437 e. The van der Waals surface area contributed by atoms with Gasteiger partial charge in [0.05, 0.1) is 5.25 Å². The molecule has 0 unspecified atom stereocenters. The fourth-order valence-corrected chi connectivity index (χ4v) is 3.73. The van der Waals surface area contributed by atoms with Crippen molar-refractivity contribution in [3.8, 4) is 0 Å². The summed E-state index contributed by atoms with van der Waals surface area (Å²) in [6.07, 6.45) is -1.74. The molecule has 2 amide bonds. The van der Waals surface area contributed by atoms with Crippen molar-refractivity contribution in [2.45, 2.75) is 63.2 Å². The van der Waals surface area contributed by atoms with Crippen molar-refractivity contribution >= 4 is 50.6 Å². The van der Waals surface area contributed by atoms with Crippen LogP contribution in [0.3, 0.4) is 0 Å². The summed E-state index contributed by atoms with van der Waals surface area (Å²) in [6, 6.07) is 0. The molecule has 0 bridgehead atoms. The number of aliphatic imine (C=N–C) groups is 1. The second-order valence-corrected chi connectivity index (χ2v) is 13.2. The molecular weight excluding hydrogens is 516 g/mol. The minimum absolute atomic E-state index is 0. The maximum atomic E-state index is 11.9. The Morgan fingerprint density at radius 3 is 1.65 bits per heavy atom. The number of nitrogens with one attached hydrogen (secondary N) is 2. The molecule has 0 aliphatic carbocycles. The zero-order valence-electron chi connectivity index (χ0n) is 20.0. The first-order valence-corrected chi connectivity index (χ1v) is 13.2. The minimum Gasteiger partial charge on any atom is -0.444 e. The summed E-state index contributed by atoms with van der Waals surface area (Å²) in [4.78, 5) is 28.9. The second kappa shape index (κ2) is 11.8. The Bertz CT molecular complexity index is 963. The summed E-state index contributed by atoms with van der Waals surface area (Å²) in [5.41, 5.74) is -1.52. The Morgan fingerprint density at radius 1 is 0.912 bits per heavy atom. The number of carbonyl (C=O) groups is 2. The molecule has 0 aromatic heterocycles. The van der Waals surface area contributed by atoms with Gasteiger partial charge in [-0.15, -0.1) is 17.4 Å². The van der Waals surface area contributed by atoms with Gasteiger partial charge in [0.15, 0.2) is 0 Å². The number of guanidine groups is 1. The zero-order chi connectivity index (χ0) is 25.8. The summed E-state index contributed by atoms with van der Waals surface area (Å²) < 4.78 is 53.5. The highest BCUT2D eigenvalue weighted by Gasteiger charge is 2.38. The van der Waals surface area contributed by atoms with E-state index < -0.39 is 48.7 Å².